The smallest absolute Gasteiger partial charge is 0.0510 e. The van der Waals surface area contributed by atoms with Crippen LogP contribution in [0.4, 0.5) is 0 Å². The van der Waals surface area contributed by atoms with Crippen LogP contribution in [0.5, 0.6) is 0 Å². The monoisotopic (exact) mass is 155 g/mol. The van der Waals surface area contributed by atoms with Gasteiger partial charge < -0.3 is 9.64 Å². The second kappa shape index (κ2) is 2.76. The maximum absolute atomic E-state index is 5.41. The molecule has 2 aliphatic rings. The molecule has 0 aromatic heterocycles. The van der Waals surface area contributed by atoms with Crippen LogP contribution in [0.25, 0.3) is 0 Å². The number of hydrogen-bond donors (Lipinski definition) is 0. The summed E-state index contributed by atoms with van der Waals surface area (Å²) in [5, 5.41) is 0. The summed E-state index contributed by atoms with van der Waals surface area (Å²) < 4.78 is 5.41. The molecule has 0 aromatic rings. The van der Waals surface area contributed by atoms with Crippen molar-refractivity contribution in [1.29, 1.82) is 0 Å². The van der Waals surface area contributed by atoms with Gasteiger partial charge in [-0.3, -0.25) is 0 Å². The van der Waals surface area contributed by atoms with Crippen LogP contribution in [0.2, 0.25) is 0 Å². The third-order valence-electron chi connectivity index (χ3n) is 3.00. The summed E-state index contributed by atoms with van der Waals surface area (Å²) in [4.78, 5) is 2.57. The zero-order valence-corrected chi connectivity index (χ0v) is 7.42. The van der Waals surface area contributed by atoms with Crippen molar-refractivity contribution in [3.63, 3.8) is 0 Å². The number of nitrogens with zero attached hydrogens (tertiary/aromatic N) is 1. The first kappa shape index (κ1) is 7.56. The predicted molar refractivity (Wildman–Crippen MR) is 44.5 cm³/mol. The fraction of sp³-hybridized carbons (Fsp3) is 1.00. The van der Waals surface area contributed by atoms with Crippen LogP contribution in [0.15, 0.2) is 0 Å². The molecule has 2 aliphatic heterocycles. The van der Waals surface area contributed by atoms with Crippen LogP contribution in [0.1, 0.15) is 13.8 Å². The Morgan fingerprint density at radius 1 is 1.18 bits per heavy atom. The van der Waals surface area contributed by atoms with Crippen LogP contribution in [-0.2, 0) is 4.74 Å². The minimum atomic E-state index is 0.723. The molecular formula is C9H17NO. The summed E-state index contributed by atoms with van der Waals surface area (Å²) in [5.74, 6) is 1.69. The molecule has 0 spiro atoms. The molecule has 0 aromatic carbocycles. The van der Waals surface area contributed by atoms with Gasteiger partial charge in [-0.1, -0.05) is 0 Å². The van der Waals surface area contributed by atoms with Gasteiger partial charge in [-0.25, -0.2) is 0 Å². The summed E-state index contributed by atoms with van der Waals surface area (Å²) in [6, 6.07) is 0.723. The second-order valence-electron chi connectivity index (χ2n) is 4.11. The number of rotatable bonds is 1. The Kier molecular flexibility index (Phi) is 1.90. The quantitative estimate of drug-likeness (QED) is 0.559. The van der Waals surface area contributed by atoms with Gasteiger partial charge in [0.2, 0.25) is 0 Å². The first-order valence-electron chi connectivity index (χ1n) is 4.59. The minimum absolute atomic E-state index is 0.723. The predicted octanol–water partition coefficient (Wildman–Crippen LogP) is 0.973. The average molecular weight is 155 g/mol. The van der Waals surface area contributed by atoms with Crippen LogP contribution >= 0.6 is 0 Å². The van der Waals surface area contributed by atoms with Crippen molar-refractivity contribution in [3.8, 4) is 0 Å². The zero-order chi connectivity index (χ0) is 7.84. The lowest BCUT2D eigenvalue weighted by Crippen LogP contribution is -2.29. The Hall–Kier alpha value is -0.0800. The van der Waals surface area contributed by atoms with E-state index in [9.17, 15) is 0 Å². The van der Waals surface area contributed by atoms with Crippen molar-refractivity contribution in [1.82, 2.24) is 4.90 Å². The first-order valence-corrected chi connectivity index (χ1v) is 4.59. The van der Waals surface area contributed by atoms with Gasteiger partial charge >= 0.3 is 0 Å². The molecule has 0 amide bonds. The van der Waals surface area contributed by atoms with Crippen LogP contribution < -0.4 is 0 Å². The molecule has 64 valence electrons. The van der Waals surface area contributed by atoms with E-state index >= 15 is 0 Å². The molecule has 2 heteroatoms. The number of hydrogen-bond acceptors (Lipinski definition) is 2. The summed E-state index contributed by atoms with van der Waals surface area (Å²) >= 11 is 0. The van der Waals surface area contributed by atoms with E-state index in [4.69, 9.17) is 4.74 Å². The van der Waals surface area contributed by atoms with E-state index in [-0.39, 0.29) is 0 Å². The highest BCUT2D eigenvalue weighted by atomic mass is 16.5. The highest BCUT2D eigenvalue weighted by Crippen LogP contribution is 2.29. The van der Waals surface area contributed by atoms with Crippen molar-refractivity contribution in [2.24, 2.45) is 11.8 Å². The Morgan fingerprint density at radius 3 is 2.18 bits per heavy atom. The summed E-state index contributed by atoms with van der Waals surface area (Å²) in [5.41, 5.74) is 0. The maximum Gasteiger partial charge on any atom is 0.0510 e. The normalized spacial score (nSPS) is 38.5. The van der Waals surface area contributed by atoms with Crippen LogP contribution in [0.3, 0.4) is 0 Å². The lowest BCUT2D eigenvalue weighted by atomic mass is 10.0. The number of likely N-dealkylation sites (tertiary alicyclic amines) is 1. The summed E-state index contributed by atoms with van der Waals surface area (Å²) in [7, 11) is 0. The van der Waals surface area contributed by atoms with Gasteiger partial charge in [-0.15, -0.1) is 0 Å². The first-order chi connectivity index (χ1) is 5.27. The second-order valence-corrected chi connectivity index (χ2v) is 4.11. The Balaban J connectivity index is 1.94. The van der Waals surface area contributed by atoms with Crippen LogP contribution in [0, 0.1) is 11.8 Å². The van der Waals surface area contributed by atoms with Crippen molar-refractivity contribution >= 4 is 0 Å². The summed E-state index contributed by atoms with van der Waals surface area (Å²) in [6.45, 7) is 9.11. The average Bonchev–Trinajstić information content (AvgIpc) is 2.40. The van der Waals surface area contributed by atoms with E-state index in [1.807, 2.05) is 0 Å². The third kappa shape index (κ3) is 1.30. The Labute approximate surface area is 68.5 Å². The van der Waals surface area contributed by atoms with Gasteiger partial charge in [0.25, 0.3) is 0 Å². The van der Waals surface area contributed by atoms with E-state index in [2.05, 4.69) is 18.7 Å². The lowest BCUT2D eigenvalue weighted by molar-refractivity contribution is 0.145. The Bertz CT molecular complexity index is 134. The largest absolute Gasteiger partial charge is 0.381 e. The molecular weight excluding hydrogens is 138 g/mol. The van der Waals surface area contributed by atoms with Gasteiger partial charge in [-0.2, -0.15) is 0 Å². The molecule has 0 bridgehead atoms. The fourth-order valence-corrected chi connectivity index (χ4v) is 2.15. The maximum atomic E-state index is 5.41. The molecule has 0 N–H and O–H groups in total. The lowest BCUT2D eigenvalue weighted by Gasteiger charge is -2.20. The number of fused-ring (bicyclic) bond motifs is 1. The van der Waals surface area contributed by atoms with E-state index in [0.29, 0.717) is 0 Å². The van der Waals surface area contributed by atoms with Crippen molar-refractivity contribution < 1.29 is 4.74 Å². The molecule has 0 radical (unpaired) electrons. The van der Waals surface area contributed by atoms with Crippen molar-refractivity contribution in [2.45, 2.75) is 19.9 Å². The van der Waals surface area contributed by atoms with Gasteiger partial charge in [0.05, 0.1) is 13.2 Å². The minimum Gasteiger partial charge on any atom is -0.381 e. The van der Waals surface area contributed by atoms with Gasteiger partial charge in [0, 0.05) is 31.0 Å². The SMILES string of the molecule is CC(C)N1CC2COC[C@@H]2C1. The molecule has 2 fully saturated rings. The molecule has 2 atom stereocenters. The molecule has 2 nitrogen and oxygen atoms in total. The summed E-state index contributed by atoms with van der Waals surface area (Å²) in [6.07, 6.45) is 0. The highest BCUT2D eigenvalue weighted by Gasteiger charge is 2.37. The third-order valence-corrected chi connectivity index (χ3v) is 3.00. The molecule has 0 aliphatic carbocycles. The molecule has 11 heavy (non-hydrogen) atoms. The van der Waals surface area contributed by atoms with Crippen LogP contribution in [-0.4, -0.2) is 37.2 Å². The van der Waals surface area contributed by atoms with Crippen molar-refractivity contribution in [3.05, 3.63) is 0 Å². The molecule has 2 heterocycles. The van der Waals surface area contributed by atoms with E-state index in [1.54, 1.807) is 0 Å². The molecule has 1 unspecified atom stereocenters. The Morgan fingerprint density at radius 2 is 1.73 bits per heavy atom. The van der Waals surface area contributed by atoms with Crippen molar-refractivity contribution in [2.75, 3.05) is 26.3 Å². The molecule has 2 rings (SSSR count). The van der Waals surface area contributed by atoms with Gasteiger partial charge in [-0.05, 0) is 13.8 Å². The van der Waals surface area contributed by atoms with E-state index in [1.165, 1.54) is 13.1 Å². The molecule has 2 saturated heterocycles. The van der Waals surface area contributed by atoms with Gasteiger partial charge in [0.1, 0.15) is 0 Å². The van der Waals surface area contributed by atoms with Gasteiger partial charge in [0.15, 0.2) is 0 Å². The van der Waals surface area contributed by atoms with E-state index in [0.717, 1.165) is 31.1 Å². The topological polar surface area (TPSA) is 12.5 Å². The highest BCUT2D eigenvalue weighted by molar-refractivity contribution is 4.88. The molecule has 0 saturated carbocycles. The standard InChI is InChI=1S/C9H17NO/c1-7(2)10-3-8-5-11-6-9(8)4-10/h7-9H,3-6H2,1-2H3/t8-,9?/m0/s1. The van der Waals surface area contributed by atoms with E-state index < -0.39 is 0 Å². The number of ether oxygens (including phenoxy) is 1. The zero-order valence-electron chi connectivity index (χ0n) is 7.42. The fourth-order valence-electron chi connectivity index (χ4n) is 2.15.